The Bertz CT molecular complexity index is 909. The molecule has 3 aromatic rings. The van der Waals surface area contributed by atoms with Crippen molar-refractivity contribution in [3.05, 3.63) is 42.2 Å². The van der Waals surface area contributed by atoms with E-state index in [2.05, 4.69) is 20.7 Å². The SMILES string of the molecule is CCn1ncnc1[C@H](NC(=O)Nc1cccc2cc(C)oc12)C1CC1. The van der Waals surface area contributed by atoms with Crippen LogP contribution in [-0.4, -0.2) is 20.8 Å². The number of para-hydroxylation sites is 1. The number of amides is 2. The molecule has 0 aliphatic heterocycles. The van der Waals surface area contributed by atoms with Crippen LogP contribution in [0.15, 0.2) is 35.0 Å². The van der Waals surface area contributed by atoms with Crippen LogP contribution in [0.5, 0.6) is 0 Å². The van der Waals surface area contributed by atoms with E-state index in [9.17, 15) is 4.79 Å². The average Bonchev–Trinajstić information content (AvgIpc) is 3.19. The molecule has 1 aliphatic carbocycles. The van der Waals surface area contributed by atoms with Crippen LogP contribution < -0.4 is 10.6 Å². The molecule has 2 amide bonds. The molecule has 2 N–H and O–H groups in total. The highest BCUT2D eigenvalue weighted by atomic mass is 16.3. The molecule has 0 unspecified atom stereocenters. The van der Waals surface area contributed by atoms with Crippen LogP contribution in [0.25, 0.3) is 11.0 Å². The van der Waals surface area contributed by atoms with Gasteiger partial charge in [-0.25, -0.2) is 14.5 Å². The number of aryl methyl sites for hydroxylation is 2. The maximum atomic E-state index is 12.6. The highest BCUT2D eigenvalue weighted by molar-refractivity contribution is 5.99. The molecule has 25 heavy (non-hydrogen) atoms. The number of aromatic nitrogens is 3. The standard InChI is InChI=1S/C18H21N5O2/c1-3-23-17(19-10-20-23)15(12-7-8-12)22-18(24)21-14-6-4-5-13-9-11(2)25-16(13)14/h4-6,9-10,12,15H,3,7-8H2,1-2H3,(H2,21,22,24)/t15-/m1/s1. The van der Waals surface area contributed by atoms with Crippen LogP contribution >= 0.6 is 0 Å². The first-order valence-corrected chi connectivity index (χ1v) is 8.60. The van der Waals surface area contributed by atoms with Crippen molar-refractivity contribution in [2.24, 2.45) is 5.92 Å². The fraction of sp³-hybridized carbons (Fsp3) is 0.389. The number of nitrogens with zero attached hydrogens (tertiary/aromatic N) is 3. The molecule has 1 aliphatic rings. The zero-order valence-corrected chi connectivity index (χ0v) is 14.3. The van der Waals surface area contributed by atoms with E-state index < -0.39 is 0 Å². The van der Waals surface area contributed by atoms with E-state index in [1.165, 1.54) is 0 Å². The Morgan fingerprint density at radius 3 is 3.04 bits per heavy atom. The molecule has 2 aromatic heterocycles. The van der Waals surface area contributed by atoms with E-state index in [0.717, 1.165) is 36.4 Å². The summed E-state index contributed by atoms with van der Waals surface area (Å²) in [7, 11) is 0. The van der Waals surface area contributed by atoms with E-state index >= 15 is 0 Å². The number of furan rings is 1. The first-order valence-electron chi connectivity index (χ1n) is 8.60. The third-order valence-corrected chi connectivity index (χ3v) is 4.52. The second kappa shape index (κ2) is 6.23. The first-order chi connectivity index (χ1) is 12.2. The molecule has 0 radical (unpaired) electrons. The van der Waals surface area contributed by atoms with E-state index in [1.54, 1.807) is 6.33 Å². The number of anilines is 1. The summed E-state index contributed by atoms with van der Waals surface area (Å²) in [5.41, 5.74) is 1.35. The second-order valence-corrected chi connectivity index (χ2v) is 6.43. The first kappa shape index (κ1) is 15.7. The smallest absolute Gasteiger partial charge is 0.319 e. The van der Waals surface area contributed by atoms with Gasteiger partial charge in [0.15, 0.2) is 5.58 Å². The number of carbonyl (C=O) groups is 1. The molecule has 1 aromatic carbocycles. The monoisotopic (exact) mass is 339 g/mol. The molecule has 1 fully saturated rings. The Kier molecular flexibility index (Phi) is 3.91. The summed E-state index contributed by atoms with van der Waals surface area (Å²) >= 11 is 0. The Morgan fingerprint density at radius 2 is 2.28 bits per heavy atom. The molecular formula is C18H21N5O2. The Morgan fingerprint density at radius 1 is 1.44 bits per heavy atom. The average molecular weight is 339 g/mol. The van der Waals surface area contributed by atoms with Crippen molar-refractivity contribution in [1.82, 2.24) is 20.1 Å². The van der Waals surface area contributed by atoms with Crippen LogP contribution in [-0.2, 0) is 6.54 Å². The molecule has 7 heteroatoms. The molecule has 0 spiro atoms. The lowest BCUT2D eigenvalue weighted by Crippen LogP contribution is -2.35. The van der Waals surface area contributed by atoms with Crippen LogP contribution in [0.4, 0.5) is 10.5 Å². The number of nitrogens with one attached hydrogen (secondary N) is 2. The van der Waals surface area contributed by atoms with Gasteiger partial charge in [0.1, 0.15) is 17.9 Å². The molecule has 2 heterocycles. The summed E-state index contributed by atoms with van der Waals surface area (Å²) < 4.78 is 7.54. The van der Waals surface area contributed by atoms with Gasteiger partial charge in [0, 0.05) is 11.9 Å². The fourth-order valence-corrected chi connectivity index (χ4v) is 3.17. The molecule has 1 atom stereocenters. The number of benzene rings is 1. The topological polar surface area (TPSA) is 85.0 Å². The summed E-state index contributed by atoms with van der Waals surface area (Å²) in [4.78, 5) is 16.9. The Labute approximate surface area is 145 Å². The zero-order chi connectivity index (χ0) is 17.4. The van der Waals surface area contributed by atoms with E-state index in [-0.39, 0.29) is 12.1 Å². The van der Waals surface area contributed by atoms with Crippen molar-refractivity contribution in [1.29, 1.82) is 0 Å². The van der Waals surface area contributed by atoms with E-state index in [1.807, 2.05) is 42.8 Å². The normalized spacial score (nSPS) is 15.3. The fourth-order valence-electron chi connectivity index (χ4n) is 3.17. The molecular weight excluding hydrogens is 318 g/mol. The summed E-state index contributed by atoms with van der Waals surface area (Å²) in [6, 6.07) is 7.27. The van der Waals surface area contributed by atoms with Gasteiger partial charge in [-0.3, -0.25) is 0 Å². The largest absolute Gasteiger partial charge is 0.459 e. The number of hydrogen-bond donors (Lipinski definition) is 2. The van der Waals surface area contributed by atoms with Crippen LogP contribution in [0, 0.1) is 12.8 Å². The lowest BCUT2D eigenvalue weighted by molar-refractivity contribution is 0.246. The molecule has 1 saturated carbocycles. The van der Waals surface area contributed by atoms with Crippen LogP contribution in [0.2, 0.25) is 0 Å². The van der Waals surface area contributed by atoms with Crippen LogP contribution in [0.1, 0.15) is 37.4 Å². The maximum Gasteiger partial charge on any atom is 0.319 e. The van der Waals surface area contributed by atoms with Crippen LogP contribution in [0.3, 0.4) is 0 Å². The minimum atomic E-state index is -0.260. The number of urea groups is 1. The molecule has 0 bridgehead atoms. The van der Waals surface area contributed by atoms with E-state index in [4.69, 9.17) is 4.42 Å². The van der Waals surface area contributed by atoms with Gasteiger partial charge in [-0.15, -0.1) is 0 Å². The lowest BCUT2D eigenvalue weighted by Gasteiger charge is -2.18. The number of carbonyl (C=O) groups excluding carboxylic acids is 1. The zero-order valence-electron chi connectivity index (χ0n) is 14.3. The number of fused-ring (bicyclic) bond motifs is 1. The minimum Gasteiger partial charge on any atom is -0.459 e. The van der Waals surface area contributed by atoms with Gasteiger partial charge < -0.3 is 15.1 Å². The quantitative estimate of drug-likeness (QED) is 0.743. The Hall–Kier alpha value is -2.83. The van der Waals surface area contributed by atoms with Crippen molar-refractivity contribution in [2.45, 2.75) is 39.3 Å². The van der Waals surface area contributed by atoms with Gasteiger partial charge in [-0.2, -0.15) is 5.10 Å². The molecule has 130 valence electrons. The second-order valence-electron chi connectivity index (χ2n) is 6.43. The van der Waals surface area contributed by atoms with Crippen molar-refractivity contribution in [2.75, 3.05) is 5.32 Å². The predicted octanol–water partition coefficient (Wildman–Crippen LogP) is 3.63. The third-order valence-electron chi connectivity index (χ3n) is 4.52. The van der Waals surface area contributed by atoms with Gasteiger partial charge in [-0.05, 0) is 44.7 Å². The summed E-state index contributed by atoms with van der Waals surface area (Å²) in [6.07, 6.45) is 3.73. The van der Waals surface area contributed by atoms with Gasteiger partial charge in [-0.1, -0.05) is 12.1 Å². The van der Waals surface area contributed by atoms with Gasteiger partial charge in [0.05, 0.1) is 11.7 Å². The summed E-state index contributed by atoms with van der Waals surface area (Å²) in [5, 5.41) is 11.2. The van der Waals surface area contributed by atoms with Gasteiger partial charge >= 0.3 is 6.03 Å². The summed E-state index contributed by atoms with van der Waals surface area (Å²) in [6.45, 7) is 4.64. The maximum absolute atomic E-state index is 12.6. The van der Waals surface area contributed by atoms with Gasteiger partial charge in [0.2, 0.25) is 0 Å². The summed E-state index contributed by atoms with van der Waals surface area (Å²) in [5.74, 6) is 2.05. The molecule has 0 saturated heterocycles. The van der Waals surface area contributed by atoms with Crippen molar-refractivity contribution in [3.63, 3.8) is 0 Å². The molecule has 7 nitrogen and oxygen atoms in total. The van der Waals surface area contributed by atoms with E-state index in [0.29, 0.717) is 17.2 Å². The number of hydrogen-bond acceptors (Lipinski definition) is 4. The van der Waals surface area contributed by atoms with Crippen molar-refractivity contribution >= 4 is 22.7 Å². The van der Waals surface area contributed by atoms with Crippen molar-refractivity contribution in [3.8, 4) is 0 Å². The highest BCUT2D eigenvalue weighted by Crippen LogP contribution is 2.40. The number of rotatable bonds is 5. The molecule has 4 rings (SSSR count). The lowest BCUT2D eigenvalue weighted by atomic mass is 10.1. The predicted molar refractivity (Wildman–Crippen MR) is 94.3 cm³/mol. The Balaban J connectivity index is 1.54. The third kappa shape index (κ3) is 3.09. The van der Waals surface area contributed by atoms with Crippen molar-refractivity contribution < 1.29 is 9.21 Å². The highest BCUT2D eigenvalue weighted by Gasteiger charge is 2.36. The minimum absolute atomic E-state index is 0.125. The van der Waals surface area contributed by atoms with Gasteiger partial charge in [0.25, 0.3) is 0 Å².